The first-order valence-corrected chi connectivity index (χ1v) is 11.4. The maximum Gasteiger partial charge on any atom is 0.253 e. The number of nitrogens with two attached hydrogens (primary N) is 1. The number of halogens is 2. The number of piperidine rings is 1. The van der Waals surface area contributed by atoms with Crippen molar-refractivity contribution in [3.8, 4) is 0 Å². The number of ketones is 1. The Hall–Kier alpha value is -3.33. The predicted octanol–water partition coefficient (Wildman–Crippen LogP) is 4.57. The maximum atomic E-state index is 14.0. The van der Waals surface area contributed by atoms with Gasteiger partial charge in [-0.05, 0) is 51.0 Å². The summed E-state index contributed by atoms with van der Waals surface area (Å²) in [7, 11) is 0. The zero-order chi connectivity index (χ0) is 23.7. The van der Waals surface area contributed by atoms with E-state index < -0.39 is 23.0 Å². The van der Waals surface area contributed by atoms with Gasteiger partial charge in [0.25, 0.3) is 5.91 Å². The lowest BCUT2D eigenvalue weighted by Crippen LogP contribution is -2.42. The van der Waals surface area contributed by atoms with E-state index in [0.717, 1.165) is 34.6 Å². The van der Waals surface area contributed by atoms with Crippen LogP contribution >= 0.6 is 11.3 Å². The van der Waals surface area contributed by atoms with Crippen LogP contribution in [0.5, 0.6) is 0 Å². The molecule has 3 N–H and O–H groups in total. The van der Waals surface area contributed by atoms with E-state index in [9.17, 15) is 18.4 Å². The summed E-state index contributed by atoms with van der Waals surface area (Å²) in [5.41, 5.74) is 8.03. The zero-order valence-corrected chi connectivity index (χ0v) is 19.1. The number of nitrogen functional groups attached to an aromatic ring is 1. The smallest absolute Gasteiger partial charge is 0.253 e. The Morgan fingerprint density at radius 2 is 1.70 bits per heavy atom. The number of hydrogen-bond donors (Lipinski definition) is 2. The molecule has 0 unspecified atom stereocenters. The average molecular weight is 471 g/mol. The Balaban J connectivity index is 1.40. The van der Waals surface area contributed by atoms with Crippen LogP contribution in [0.4, 0.5) is 19.7 Å². The van der Waals surface area contributed by atoms with E-state index >= 15 is 0 Å². The largest absolute Gasteiger partial charge is 0.382 e. The highest BCUT2D eigenvalue weighted by Crippen LogP contribution is 2.30. The number of rotatable bonds is 5. The summed E-state index contributed by atoms with van der Waals surface area (Å²) < 4.78 is 28.0. The molecule has 33 heavy (non-hydrogen) atoms. The van der Waals surface area contributed by atoms with Gasteiger partial charge in [0, 0.05) is 24.7 Å². The fraction of sp³-hybridized carbons (Fsp3) is 0.292. The number of hydrogen-bond acceptors (Lipinski definition) is 6. The second-order valence-corrected chi connectivity index (χ2v) is 9.25. The molecule has 1 aliphatic rings. The standard InChI is InChI=1S/C24H24F2N4O2S/c1-13-10-14(2)12-15(11-13)23(32)30-8-6-16(7-9-30)28-24-29-22(27)21(33-24)20(31)19-17(25)4-3-5-18(19)26/h3-5,10-12,16H,6-9,27H2,1-2H3,(H,28,29). The van der Waals surface area contributed by atoms with Crippen molar-refractivity contribution in [2.45, 2.75) is 32.7 Å². The number of likely N-dealkylation sites (tertiary alicyclic amines) is 1. The fourth-order valence-electron chi connectivity index (χ4n) is 4.07. The molecule has 0 radical (unpaired) electrons. The first-order chi connectivity index (χ1) is 15.7. The van der Waals surface area contributed by atoms with E-state index in [1.165, 1.54) is 6.07 Å². The van der Waals surface area contributed by atoms with Crippen LogP contribution in [0.1, 0.15) is 49.6 Å². The van der Waals surface area contributed by atoms with Crippen molar-refractivity contribution in [3.05, 3.63) is 75.2 Å². The number of aromatic nitrogens is 1. The lowest BCUT2D eigenvalue weighted by Gasteiger charge is -2.32. The van der Waals surface area contributed by atoms with Gasteiger partial charge in [0.2, 0.25) is 5.78 Å². The van der Waals surface area contributed by atoms with Gasteiger partial charge in [0.05, 0.1) is 5.56 Å². The molecule has 3 aromatic rings. The number of nitrogens with zero attached hydrogens (tertiary/aromatic N) is 2. The highest BCUT2D eigenvalue weighted by molar-refractivity contribution is 7.18. The molecule has 9 heteroatoms. The van der Waals surface area contributed by atoms with Crippen LogP contribution in [0.3, 0.4) is 0 Å². The number of amides is 1. The van der Waals surface area contributed by atoms with Crippen molar-refractivity contribution in [1.29, 1.82) is 0 Å². The summed E-state index contributed by atoms with van der Waals surface area (Å²) in [5, 5.41) is 3.65. The lowest BCUT2D eigenvalue weighted by atomic mass is 10.0. The van der Waals surface area contributed by atoms with Gasteiger partial charge in [0.1, 0.15) is 22.3 Å². The minimum absolute atomic E-state index is 0.0102. The van der Waals surface area contributed by atoms with E-state index in [1.807, 2.05) is 36.9 Å². The summed E-state index contributed by atoms with van der Waals surface area (Å²) in [4.78, 5) is 31.5. The molecule has 172 valence electrons. The van der Waals surface area contributed by atoms with Crippen LogP contribution in [0.2, 0.25) is 0 Å². The van der Waals surface area contributed by atoms with Gasteiger partial charge >= 0.3 is 0 Å². The molecule has 1 saturated heterocycles. The number of benzene rings is 2. The topological polar surface area (TPSA) is 88.3 Å². The zero-order valence-electron chi connectivity index (χ0n) is 18.3. The molecule has 1 aromatic heterocycles. The third-order valence-corrected chi connectivity index (χ3v) is 6.63. The molecule has 0 spiro atoms. The Labute approximate surface area is 194 Å². The molecule has 0 saturated carbocycles. The number of carbonyl (C=O) groups excluding carboxylic acids is 2. The summed E-state index contributed by atoms with van der Waals surface area (Å²) in [6.45, 7) is 5.10. The van der Waals surface area contributed by atoms with Gasteiger partial charge in [-0.1, -0.05) is 34.6 Å². The molecule has 4 rings (SSSR count). The molecule has 2 heterocycles. The predicted molar refractivity (Wildman–Crippen MR) is 125 cm³/mol. The summed E-state index contributed by atoms with van der Waals surface area (Å²) in [6, 6.07) is 9.12. The van der Waals surface area contributed by atoms with Crippen molar-refractivity contribution < 1.29 is 18.4 Å². The highest BCUT2D eigenvalue weighted by atomic mass is 32.1. The Morgan fingerprint density at radius 1 is 1.09 bits per heavy atom. The van der Waals surface area contributed by atoms with Gasteiger partial charge in [-0.2, -0.15) is 0 Å². The van der Waals surface area contributed by atoms with Crippen LogP contribution in [-0.2, 0) is 0 Å². The quantitative estimate of drug-likeness (QED) is 0.534. The molecule has 0 aliphatic carbocycles. The number of anilines is 2. The summed E-state index contributed by atoms with van der Waals surface area (Å²) >= 11 is 0.970. The second kappa shape index (κ2) is 9.27. The molecule has 0 atom stereocenters. The van der Waals surface area contributed by atoms with E-state index in [-0.39, 0.29) is 22.6 Å². The summed E-state index contributed by atoms with van der Waals surface area (Å²) in [5.74, 6) is -2.77. The fourth-order valence-corrected chi connectivity index (χ4v) is 4.97. The minimum Gasteiger partial charge on any atom is -0.382 e. The SMILES string of the molecule is Cc1cc(C)cc(C(=O)N2CCC(Nc3nc(N)c(C(=O)c4c(F)cccc4F)s3)CC2)c1. The molecule has 1 amide bonds. The van der Waals surface area contributed by atoms with Crippen molar-refractivity contribution in [3.63, 3.8) is 0 Å². The van der Waals surface area contributed by atoms with Crippen LogP contribution in [-0.4, -0.2) is 40.7 Å². The van der Waals surface area contributed by atoms with Crippen molar-refractivity contribution in [1.82, 2.24) is 9.88 Å². The van der Waals surface area contributed by atoms with Crippen LogP contribution < -0.4 is 11.1 Å². The Kier molecular flexibility index (Phi) is 6.42. The van der Waals surface area contributed by atoms with Crippen LogP contribution in [0.15, 0.2) is 36.4 Å². The van der Waals surface area contributed by atoms with E-state index in [2.05, 4.69) is 10.3 Å². The summed E-state index contributed by atoms with van der Waals surface area (Å²) in [6.07, 6.45) is 1.39. The lowest BCUT2D eigenvalue weighted by molar-refractivity contribution is 0.0718. The molecule has 0 bridgehead atoms. The van der Waals surface area contributed by atoms with Crippen molar-refractivity contribution in [2.75, 3.05) is 24.1 Å². The van der Waals surface area contributed by atoms with Gasteiger partial charge in [-0.25, -0.2) is 13.8 Å². The number of nitrogens with one attached hydrogen (secondary N) is 1. The monoisotopic (exact) mass is 470 g/mol. The molecular weight excluding hydrogens is 446 g/mol. The van der Waals surface area contributed by atoms with Crippen LogP contribution in [0, 0.1) is 25.5 Å². The Bertz CT molecular complexity index is 1180. The third kappa shape index (κ3) is 4.88. The van der Waals surface area contributed by atoms with Gasteiger partial charge in [-0.15, -0.1) is 0 Å². The average Bonchev–Trinajstić information content (AvgIpc) is 3.13. The molecular formula is C24H24F2N4O2S. The first kappa shape index (κ1) is 22.8. The minimum atomic E-state index is -0.942. The second-order valence-electron chi connectivity index (χ2n) is 8.25. The normalized spacial score (nSPS) is 14.4. The van der Waals surface area contributed by atoms with Crippen molar-refractivity contribution in [2.24, 2.45) is 0 Å². The molecule has 2 aromatic carbocycles. The van der Waals surface area contributed by atoms with E-state index in [0.29, 0.717) is 36.6 Å². The highest BCUT2D eigenvalue weighted by Gasteiger charge is 2.27. The van der Waals surface area contributed by atoms with Crippen molar-refractivity contribution >= 4 is 34.0 Å². The van der Waals surface area contributed by atoms with Gasteiger partial charge in [0.15, 0.2) is 5.13 Å². The Morgan fingerprint density at radius 3 is 2.30 bits per heavy atom. The number of aryl methyl sites for hydroxylation is 2. The van der Waals surface area contributed by atoms with Crippen LogP contribution in [0.25, 0.3) is 0 Å². The molecule has 1 fully saturated rings. The van der Waals surface area contributed by atoms with Gasteiger partial charge < -0.3 is 16.0 Å². The van der Waals surface area contributed by atoms with Gasteiger partial charge in [-0.3, -0.25) is 9.59 Å². The first-order valence-electron chi connectivity index (χ1n) is 10.6. The number of carbonyl (C=O) groups is 2. The van der Waals surface area contributed by atoms with E-state index in [4.69, 9.17) is 5.73 Å². The number of thiazole rings is 1. The third-order valence-electron chi connectivity index (χ3n) is 5.63. The molecule has 1 aliphatic heterocycles. The van der Waals surface area contributed by atoms with E-state index in [1.54, 1.807) is 0 Å². The molecule has 6 nitrogen and oxygen atoms in total. The maximum absolute atomic E-state index is 14.0.